The highest BCUT2D eigenvalue weighted by Crippen LogP contribution is 2.22. The first-order chi connectivity index (χ1) is 12.2. The van der Waals surface area contributed by atoms with Crippen LogP contribution in [0.1, 0.15) is 16.7 Å². The summed E-state index contributed by atoms with van der Waals surface area (Å²) in [5.41, 5.74) is 3.26. The van der Waals surface area contributed by atoms with Gasteiger partial charge in [-0.3, -0.25) is 0 Å². The normalized spacial score (nSPS) is 10.8. The topological polar surface area (TPSA) is 48.7 Å². The Morgan fingerprint density at radius 3 is 2.64 bits per heavy atom. The van der Waals surface area contributed by atoms with Gasteiger partial charge in [0.25, 0.3) is 0 Å². The van der Waals surface area contributed by atoms with Crippen molar-refractivity contribution in [3.63, 3.8) is 0 Å². The van der Waals surface area contributed by atoms with Crippen molar-refractivity contribution < 1.29 is 13.9 Å². The Kier molecular flexibility index (Phi) is 5.31. The third kappa shape index (κ3) is 4.37. The number of aryl methyl sites for hydroxylation is 1. The van der Waals surface area contributed by atoms with Crippen molar-refractivity contribution in [1.82, 2.24) is 0 Å². The fourth-order valence-electron chi connectivity index (χ4n) is 2.55. The number of benzene rings is 2. The summed E-state index contributed by atoms with van der Waals surface area (Å²) in [4.78, 5) is 11.5. The van der Waals surface area contributed by atoms with Gasteiger partial charge >= 0.3 is 5.63 Å². The maximum atomic E-state index is 11.5. The van der Waals surface area contributed by atoms with E-state index in [9.17, 15) is 4.79 Å². The van der Waals surface area contributed by atoms with E-state index in [4.69, 9.17) is 13.9 Å². The Hall–Kier alpha value is -2.85. The van der Waals surface area contributed by atoms with Crippen molar-refractivity contribution in [1.29, 1.82) is 0 Å². The number of rotatable bonds is 7. The summed E-state index contributed by atoms with van der Waals surface area (Å²) in [5, 5.41) is 0.908. The lowest BCUT2D eigenvalue weighted by Crippen LogP contribution is -2.07. The molecule has 1 aromatic heterocycles. The van der Waals surface area contributed by atoms with Crippen LogP contribution in [0.25, 0.3) is 17.0 Å². The zero-order chi connectivity index (χ0) is 17.6. The quantitative estimate of drug-likeness (QED) is 0.476. The van der Waals surface area contributed by atoms with E-state index in [1.807, 2.05) is 49.4 Å². The molecule has 2 aromatic carbocycles. The molecular formula is C21H20O4. The summed E-state index contributed by atoms with van der Waals surface area (Å²) in [6.07, 6.45) is 1.81. The maximum absolute atomic E-state index is 11.5. The van der Waals surface area contributed by atoms with Gasteiger partial charge in [0.05, 0.1) is 13.2 Å². The van der Waals surface area contributed by atoms with E-state index >= 15 is 0 Å². The molecule has 0 aliphatic carbocycles. The second-order valence-electron chi connectivity index (χ2n) is 5.75. The van der Waals surface area contributed by atoms with Crippen LogP contribution in [0.15, 0.2) is 64.3 Å². The molecule has 4 heteroatoms. The van der Waals surface area contributed by atoms with Crippen LogP contribution in [-0.2, 0) is 11.3 Å². The van der Waals surface area contributed by atoms with Crippen molar-refractivity contribution in [2.75, 3.05) is 13.2 Å². The molecule has 0 radical (unpaired) electrons. The van der Waals surface area contributed by atoms with Gasteiger partial charge in [-0.25, -0.2) is 4.79 Å². The average molecular weight is 336 g/mol. The van der Waals surface area contributed by atoms with Crippen LogP contribution in [0.5, 0.6) is 5.75 Å². The van der Waals surface area contributed by atoms with Crippen LogP contribution in [-0.4, -0.2) is 13.2 Å². The van der Waals surface area contributed by atoms with Gasteiger partial charge in [0.2, 0.25) is 0 Å². The predicted octanol–water partition coefficient (Wildman–Crippen LogP) is 4.34. The first-order valence-corrected chi connectivity index (χ1v) is 8.12. The lowest BCUT2D eigenvalue weighted by molar-refractivity contribution is 0.0889. The number of hydrogen-bond donors (Lipinski definition) is 0. The van der Waals surface area contributed by atoms with Crippen LogP contribution in [0, 0.1) is 6.92 Å². The highest BCUT2D eigenvalue weighted by Gasteiger charge is 2.04. The highest BCUT2D eigenvalue weighted by atomic mass is 16.5. The molecular weight excluding hydrogens is 316 g/mol. The van der Waals surface area contributed by atoms with Gasteiger partial charge in [0, 0.05) is 17.5 Å². The second-order valence-corrected chi connectivity index (χ2v) is 5.75. The minimum absolute atomic E-state index is 0.354. The van der Waals surface area contributed by atoms with Crippen LogP contribution < -0.4 is 10.4 Å². The molecule has 0 saturated carbocycles. The Morgan fingerprint density at radius 1 is 1.08 bits per heavy atom. The molecule has 0 amide bonds. The van der Waals surface area contributed by atoms with E-state index in [1.54, 1.807) is 6.07 Å². The molecule has 1 heterocycles. The van der Waals surface area contributed by atoms with Gasteiger partial charge in [-0.05, 0) is 35.7 Å². The number of ether oxygens (including phenoxy) is 2. The third-order valence-corrected chi connectivity index (χ3v) is 3.90. The minimum Gasteiger partial charge on any atom is -0.491 e. The number of hydrogen-bond acceptors (Lipinski definition) is 4. The average Bonchev–Trinajstić information content (AvgIpc) is 2.61. The highest BCUT2D eigenvalue weighted by molar-refractivity contribution is 5.81. The monoisotopic (exact) mass is 336 g/mol. The Morgan fingerprint density at radius 2 is 1.88 bits per heavy atom. The van der Waals surface area contributed by atoms with Crippen molar-refractivity contribution in [3.8, 4) is 5.75 Å². The third-order valence-electron chi connectivity index (χ3n) is 3.90. The van der Waals surface area contributed by atoms with E-state index in [1.165, 1.54) is 6.07 Å². The van der Waals surface area contributed by atoms with Gasteiger partial charge in [0.15, 0.2) is 0 Å². The maximum Gasteiger partial charge on any atom is 0.336 e. The molecule has 0 fully saturated rings. The lowest BCUT2D eigenvalue weighted by Gasteiger charge is -2.08. The fourth-order valence-corrected chi connectivity index (χ4v) is 2.55. The molecule has 0 bridgehead atoms. The first-order valence-electron chi connectivity index (χ1n) is 8.12. The molecule has 25 heavy (non-hydrogen) atoms. The standard InChI is InChI=1S/C21H20O4/c1-3-16-4-6-17(7-5-16)14-23-10-11-24-18-8-9-19-15(2)12-21(22)25-20(19)13-18/h3-9,12-13H,1,10-11,14H2,2H3. The molecule has 128 valence electrons. The Labute approximate surface area is 146 Å². The lowest BCUT2D eigenvalue weighted by atomic mass is 10.1. The van der Waals surface area contributed by atoms with Gasteiger partial charge in [-0.2, -0.15) is 0 Å². The molecule has 4 nitrogen and oxygen atoms in total. The van der Waals surface area contributed by atoms with Crippen molar-refractivity contribution >= 4 is 17.0 Å². The van der Waals surface area contributed by atoms with Crippen molar-refractivity contribution in [3.05, 3.63) is 82.2 Å². The zero-order valence-corrected chi connectivity index (χ0v) is 14.2. The zero-order valence-electron chi connectivity index (χ0n) is 14.2. The fraction of sp³-hybridized carbons (Fsp3) is 0.190. The second kappa shape index (κ2) is 7.81. The van der Waals surface area contributed by atoms with Crippen molar-refractivity contribution in [2.24, 2.45) is 0 Å². The van der Waals surface area contributed by atoms with E-state index in [0.717, 1.165) is 22.1 Å². The van der Waals surface area contributed by atoms with Gasteiger partial charge in [-0.1, -0.05) is 36.9 Å². The van der Waals surface area contributed by atoms with Gasteiger partial charge in [-0.15, -0.1) is 0 Å². The summed E-state index contributed by atoms with van der Waals surface area (Å²) < 4.78 is 16.5. The van der Waals surface area contributed by atoms with E-state index in [-0.39, 0.29) is 5.63 Å². The summed E-state index contributed by atoms with van der Waals surface area (Å²) in [5.74, 6) is 0.653. The van der Waals surface area contributed by atoms with Crippen LogP contribution >= 0.6 is 0 Å². The van der Waals surface area contributed by atoms with E-state index in [2.05, 4.69) is 6.58 Å². The summed E-state index contributed by atoms with van der Waals surface area (Å²) >= 11 is 0. The predicted molar refractivity (Wildman–Crippen MR) is 98.9 cm³/mol. The molecule has 0 spiro atoms. The minimum atomic E-state index is -0.354. The molecule has 0 N–H and O–H groups in total. The molecule has 3 rings (SSSR count). The summed E-state index contributed by atoms with van der Waals surface area (Å²) in [6.45, 7) is 7.05. The SMILES string of the molecule is C=Cc1ccc(COCCOc2ccc3c(C)cc(=O)oc3c2)cc1. The molecule has 0 saturated heterocycles. The largest absolute Gasteiger partial charge is 0.491 e. The molecule has 0 aliphatic rings. The van der Waals surface area contributed by atoms with Gasteiger partial charge < -0.3 is 13.9 Å². The Bertz CT molecular complexity index is 923. The molecule has 3 aromatic rings. The summed E-state index contributed by atoms with van der Waals surface area (Å²) in [6, 6.07) is 15.0. The smallest absolute Gasteiger partial charge is 0.336 e. The molecule has 0 unspecified atom stereocenters. The van der Waals surface area contributed by atoms with E-state index < -0.39 is 0 Å². The summed E-state index contributed by atoms with van der Waals surface area (Å²) in [7, 11) is 0. The van der Waals surface area contributed by atoms with Crippen molar-refractivity contribution in [2.45, 2.75) is 13.5 Å². The van der Waals surface area contributed by atoms with Crippen LogP contribution in [0.3, 0.4) is 0 Å². The van der Waals surface area contributed by atoms with E-state index in [0.29, 0.717) is 31.2 Å². The molecule has 0 aliphatic heterocycles. The van der Waals surface area contributed by atoms with Crippen LogP contribution in [0.4, 0.5) is 0 Å². The Balaban J connectivity index is 1.51. The van der Waals surface area contributed by atoms with Crippen LogP contribution in [0.2, 0.25) is 0 Å². The molecule has 0 atom stereocenters. The first kappa shape index (κ1) is 17.0. The van der Waals surface area contributed by atoms with Gasteiger partial charge in [0.1, 0.15) is 17.9 Å². The number of fused-ring (bicyclic) bond motifs is 1.